The van der Waals surface area contributed by atoms with Crippen molar-refractivity contribution in [1.29, 1.82) is 0 Å². The average molecular weight is 274 g/mol. The second kappa shape index (κ2) is 6.29. The molecule has 2 aromatic rings. The highest BCUT2D eigenvalue weighted by Crippen LogP contribution is 2.11. The van der Waals surface area contributed by atoms with E-state index in [0.717, 1.165) is 5.56 Å². The van der Waals surface area contributed by atoms with Gasteiger partial charge in [-0.15, -0.1) is 0 Å². The van der Waals surface area contributed by atoms with E-state index in [1.54, 1.807) is 36.4 Å². The van der Waals surface area contributed by atoms with Gasteiger partial charge in [-0.1, -0.05) is 54.6 Å². The lowest BCUT2D eigenvalue weighted by Gasteiger charge is -2.02. The number of carbonyl (C=O) groups excluding carboxylic acids is 1. The van der Waals surface area contributed by atoms with Gasteiger partial charge in [0.25, 0.3) is 0 Å². The van der Waals surface area contributed by atoms with Gasteiger partial charge in [0.1, 0.15) is 10.7 Å². The molecule has 0 aliphatic rings. The predicted molar refractivity (Wildman–Crippen MR) is 75.2 cm³/mol. The Morgan fingerprint density at radius 3 is 2.00 bits per heavy atom. The molecule has 2 aromatic carbocycles. The van der Waals surface area contributed by atoms with Crippen LogP contribution >= 0.6 is 0 Å². The number of ketones is 1. The molecule has 0 aromatic heterocycles. The molecule has 3 nitrogen and oxygen atoms in total. The zero-order chi connectivity index (χ0) is 13.7. The molecule has 0 radical (unpaired) electrons. The highest BCUT2D eigenvalue weighted by atomic mass is 32.2. The normalized spacial score (nSPS) is 10.6. The lowest BCUT2D eigenvalue weighted by molar-refractivity contribution is 0.103. The zero-order valence-corrected chi connectivity index (χ0v) is 11.2. The number of rotatable bonds is 5. The summed E-state index contributed by atoms with van der Waals surface area (Å²) in [5.74, 6) is 0.114. The van der Waals surface area contributed by atoms with Crippen molar-refractivity contribution in [3.8, 4) is 0 Å². The lowest BCUT2D eigenvalue weighted by Crippen LogP contribution is -2.01. The van der Waals surface area contributed by atoms with Crippen LogP contribution in [0.5, 0.6) is 0 Å². The third kappa shape index (κ3) is 3.76. The van der Waals surface area contributed by atoms with Gasteiger partial charge in [0, 0.05) is 11.1 Å². The maximum atomic E-state index is 12.1. The van der Waals surface area contributed by atoms with Gasteiger partial charge in [-0.25, -0.2) is 8.42 Å². The number of benzene rings is 2. The fraction of sp³-hybridized carbons (Fsp3) is 0.133. The van der Waals surface area contributed by atoms with Crippen molar-refractivity contribution in [1.82, 2.24) is 0 Å². The van der Waals surface area contributed by atoms with Crippen LogP contribution in [0.3, 0.4) is 0 Å². The van der Waals surface area contributed by atoms with E-state index in [0.29, 0.717) is 17.5 Å². The molecule has 0 saturated heterocycles. The highest BCUT2D eigenvalue weighted by Gasteiger charge is 2.07. The average Bonchev–Trinajstić information content (AvgIpc) is 2.46. The summed E-state index contributed by atoms with van der Waals surface area (Å²) in [4.78, 5) is 12.1. The van der Waals surface area contributed by atoms with E-state index in [1.807, 2.05) is 18.2 Å². The largest absolute Gasteiger partial charge is 0.289 e. The molecule has 2 rings (SSSR count). The van der Waals surface area contributed by atoms with Gasteiger partial charge in [-0.05, 0) is 12.0 Å². The van der Waals surface area contributed by atoms with Crippen LogP contribution in [-0.2, 0) is 17.1 Å². The molecule has 0 spiro atoms. The van der Waals surface area contributed by atoms with Crippen LogP contribution in [0.25, 0.3) is 0 Å². The molecular formula is C15H14O3S. The maximum absolute atomic E-state index is 12.1. The van der Waals surface area contributed by atoms with Gasteiger partial charge in [0.2, 0.25) is 0 Å². The van der Waals surface area contributed by atoms with Crippen molar-refractivity contribution in [2.75, 3.05) is 5.75 Å². The summed E-state index contributed by atoms with van der Waals surface area (Å²) in [5, 5.41) is 0. The van der Waals surface area contributed by atoms with Crippen LogP contribution < -0.4 is 0 Å². The van der Waals surface area contributed by atoms with Crippen molar-refractivity contribution >= 4 is 16.5 Å². The van der Waals surface area contributed by atoms with Gasteiger partial charge in [0.15, 0.2) is 5.78 Å². The highest BCUT2D eigenvalue weighted by molar-refractivity contribution is 7.72. The second-order valence-electron chi connectivity index (χ2n) is 4.20. The van der Waals surface area contributed by atoms with Crippen LogP contribution in [0.4, 0.5) is 0 Å². The van der Waals surface area contributed by atoms with E-state index in [2.05, 4.69) is 0 Å². The van der Waals surface area contributed by atoms with Crippen LogP contribution in [0.1, 0.15) is 21.5 Å². The maximum Gasteiger partial charge on any atom is 0.193 e. The van der Waals surface area contributed by atoms with Gasteiger partial charge in [-0.3, -0.25) is 4.79 Å². The molecular weight excluding hydrogens is 260 g/mol. The Hall–Kier alpha value is -1.94. The molecule has 0 aliphatic carbocycles. The van der Waals surface area contributed by atoms with E-state index >= 15 is 0 Å². The number of aryl methyl sites for hydroxylation is 1. The van der Waals surface area contributed by atoms with Crippen molar-refractivity contribution < 1.29 is 13.2 Å². The Morgan fingerprint density at radius 1 is 0.842 bits per heavy atom. The summed E-state index contributed by atoms with van der Waals surface area (Å²) >= 11 is 0. The fourth-order valence-corrected chi connectivity index (χ4v) is 2.24. The topological polar surface area (TPSA) is 51.2 Å². The van der Waals surface area contributed by atoms with Gasteiger partial charge in [-0.2, -0.15) is 0 Å². The third-order valence-corrected chi connectivity index (χ3v) is 3.42. The van der Waals surface area contributed by atoms with Crippen LogP contribution in [-0.4, -0.2) is 20.0 Å². The minimum absolute atomic E-state index is 0.0259. The molecule has 98 valence electrons. The molecule has 4 heteroatoms. The van der Waals surface area contributed by atoms with Crippen molar-refractivity contribution in [3.63, 3.8) is 0 Å². The number of carbonyl (C=O) groups is 1. The summed E-state index contributed by atoms with van der Waals surface area (Å²) in [6, 6.07) is 16.1. The Morgan fingerprint density at radius 2 is 1.42 bits per heavy atom. The standard InChI is InChI=1S/C15H14O3S/c16-15(13-4-2-1-3-5-13)14-8-6-12(7-9-14)10-11-19(17)18/h1-9,19H,10-11H2. The van der Waals surface area contributed by atoms with E-state index in [1.165, 1.54) is 0 Å². The monoisotopic (exact) mass is 274 g/mol. The number of thiol groups is 1. The summed E-state index contributed by atoms with van der Waals surface area (Å²) < 4.78 is 21.0. The first-order valence-electron chi connectivity index (χ1n) is 5.97. The molecule has 0 amide bonds. The first kappa shape index (κ1) is 13.5. The van der Waals surface area contributed by atoms with Gasteiger partial charge in [0.05, 0.1) is 5.75 Å². The van der Waals surface area contributed by atoms with E-state index in [9.17, 15) is 13.2 Å². The summed E-state index contributed by atoms with van der Waals surface area (Å²) in [6.07, 6.45) is 0.485. The van der Waals surface area contributed by atoms with Crippen molar-refractivity contribution in [3.05, 3.63) is 71.3 Å². The Kier molecular flexibility index (Phi) is 4.47. The minimum Gasteiger partial charge on any atom is -0.289 e. The molecule has 0 heterocycles. The molecule has 0 bridgehead atoms. The zero-order valence-electron chi connectivity index (χ0n) is 10.3. The summed E-state index contributed by atoms with van der Waals surface area (Å²) in [6.45, 7) is 0. The molecule has 0 unspecified atom stereocenters. The smallest absolute Gasteiger partial charge is 0.193 e. The predicted octanol–water partition coefficient (Wildman–Crippen LogP) is 2.07. The molecule has 0 atom stereocenters. The van der Waals surface area contributed by atoms with Crippen LogP contribution in [0.15, 0.2) is 54.6 Å². The molecule has 0 aliphatic heterocycles. The number of hydrogen-bond donors (Lipinski definition) is 1. The fourth-order valence-electron chi connectivity index (χ4n) is 1.80. The van der Waals surface area contributed by atoms with Crippen LogP contribution in [0, 0.1) is 0 Å². The summed E-state index contributed by atoms with van der Waals surface area (Å²) in [7, 11) is -2.35. The summed E-state index contributed by atoms with van der Waals surface area (Å²) in [5.41, 5.74) is 2.18. The van der Waals surface area contributed by atoms with Crippen molar-refractivity contribution in [2.45, 2.75) is 6.42 Å². The first-order valence-corrected chi connectivity index (χ1v) is 7.33. The quantitative estimate of drug-likeness (QED) is 0.671. The van der Waals surface area contributed by atoms with E-state index in [4.69, 9.17) is 0 Å². The molecule has 0 fully saturated rings. The minimum atomic E-state index is -2.35. The Balaban J connectivity index is 2.12. The second-order valence-corrected chi connectivity index (χ2v) is 5.31. The SMILES string of the molecule is O=C(c1ccccc1)c1ccc(CC[SH](=O)=O)cc1. The lowest BCUT2D eigenvalue weighted by atomic mass is 10.0. The van der Waals surface area contributed by atoms with Crippen LogP contribution in [0.2, 0.25) is 0 Å². The Labute approximate surface area is 113 Å². The van der Waals surface area contributed by atoms with E-state index < -0.39 is 10.7 Å². The molecule has 0 N–H and O–H groups in total. The number of hydrogen-bond acceptors (Lipinski definition) is 3. The molecule has 19 heavy (non-hydrogen) atoms. The third-order valence-electron chi connectivity index (χ3n) is 2.84. The van der Waals surface area contributed by atoms with E-state index in [-0.39, 0.29) is 11.5 Å². The molecule has 0 saturated carbocycles. The van der Waals surface area contributed by atoms with Gasteiger partial charge < -0.3 is 0 Å². The Bertz CT molecular complexity index is 620. The first-order chi connectivity index (χ1) is 9.16. The van der Waals surface area contributed by atoms with Gasteiger partial charge >= 0.3 is 0 Å². The van der Waals surface area contributed by atoms with Crippen molar-refractivity contribution in [2.24, 2.45) is 0 Å².